The second-order valence-corrected chi connectivity index (χ2v) is 5.41. The zero-order chi connectivity index (χ0) is 15.3. The minimum atomic E-state index is -0.404. The zero-order valence-electron chi connectivity index (χ0n) is 11.9. The molecule has 0 spiro atoms. The molecule has 0 radical (unpaired) electrons. The molecule has 4 rings (SSSR count). The number of H-pyrrole nitrogens is 1. The second-order valence-electron chi connectivity index (χ2n) is 5.41. The first-order chi connectivity index (χ1) is 10.6. The van der Waals surface area contributed by atoms with Crippen LogP contribution >= 0.6 is 0 Å². The molecule has 4 heteroatoms. The summed E-state index contributed by atoms with van der Waals surface area (Å²) in [4.78, 5) is 15.1. The van der Waals surface area contributed by atoms with Crippen molar-refractivity contribution in [1.29, 1.82) is 0 Å². The van der Waals surface area contributed by atoms with Crippen molar-refractivity contribution in [1.82, 2.24) is 4.98 Å². The highest BCUT2D eigenvalue weighted by molar-refractivity contribution is 5.96. The van der Waals surface area contributed by atoms with Crippen molar-refractivity contribution >= 4 is 21.9 Å². The van der Waals surface area contributed by atoms with Crippen molar-refractivity contribution in [2.24, 2.45) is 0 Å². The quantitative estimate of drug-likeness (QED) is 0.522. The lowest BCUT2D eigenvalue weighted by atomic mass is 10.0. The lowest BCUT2D eigenvalue weighted by Gasteiger charge is -2.06. The van der Waals surface area contributed by atoms with Crippen LogP contribution in [0.15, 0.2) is 57.7 Å². The van der Waals surface area contributed by atoms with Crippen molar-refractivity contribution in [2.45, 2.75) is 6.92 Å². The number of aromatic amines is 1. The number of fused-ring (bicyclic) bond motifs is 2. The highest BCUT2D eigenvalue weighted by Gasteiger charge is 2.10. The van der Waals surface area contributed by atoms with Gasteiger partial charge in [-0.3, -0.25) is 0 Å². The molecule has 0 aliphatic heterocycles. The fourth-order valence-electron chi connectivity index (χ4n) is 2.83. The van der Waals surface area contributed by atoms with E-state index in [4.69, 9.17) is 4.42 Å². The molecular weight excluding hydrogens is 278 g/mol. The van der Waals surface area contributed by atoms with E-state index in [1.807, 2.05) is 25.1 Å². The third-order valence-corrected chi connectivity index (χ3v) is 3.79. The molecule has 22 heavy (non-hydrogen) atoms. The second kappa shape index (κ2) is 4.49. The Hall–Kier alpha value is -3.01. The Bertz CT molecular complexity index is 1070. The number of aromatic hydroxyl groups is 1. The summed E-state index contributed by atoms with van der Waals surface area (Å²) in [5, 5.41) is 11.5. The van der Waals surface area contributed by atoms with Crippen LogP contribution < -0.4 is 5.63 Å². The number of aromatic nitrogens is 1. The summed E-state index contributed by atoms with van der Waals surface area (Å²) in [6.45, 7) is 2.00. The van der Waals surface area contributed by atoms with Crippen LogP contribution in [-0.4, -0.2) is 10.1 Å². The maximum absolute atomic E-state index is 11.8. The van der Waals surface area contributed by atoms with Gasteiger partial charge in [-0.2, -0.15) is 0 Å². The van der Waals surface area contributed by atoms with Crippen LogP contribution in [0.5, 0.6) is 5.75 Å². The number of benzene rings is 2. The van der Waals surface area contributed by atoms with Crippen molar-refractivity contribution in [3.05, 3.63) is 64.6 Å². The fraction of sp³-hybridized carbons (Fsp3) is 0.0556. The van der Waals surface area contributed by atoms with Gasteiger partial charge in [-0.1, -0.05) is 6.07 Å². The number of hydrogen-bond acceptors (Lipinski definition) is 3. The molecule has 0 fully saturated rings. The first-order valence-electron chi connectivity index (χ1n) is 6.97. The number of phenols is 1. The molecule has 2 N–H and O–H groups in total. The Morgan fingerprint density at radius 2 is 1.91 bits per heavy atom. The molecule has 0 aliphatic rings. The summed E-state index contributed by atoms with van der Waals surface area (Å²) in [7, 11) is 0. The van der Waals surface area contributed by atoms with Gasteiger partial charge in [0.05, 0.1) is 0 Å². The summed E-state index contributed by atoms with van der Waals surface area (Å²) in [6.07, 6.45) is 0. The SMILES string of the molecule is Cc1cc2cc(-c3cc(=O)oc4ccc(O)cc34)ccc2[nH]1. The summed E-state index contributed by atoms with van der Waals surface area (Å²) in [6, 6.07) is 14.2. The first kappa shape index (κ1) is 12.7. The predicted octanol–water partition coefficient (Wildman–Crippen LogP) is 3.96. The molecule has 0 amide bonds. The van der Waals surface area contributed by atoms with Gasteiger partial charge in [-0.25, -0.2) is 4.79 Å². The normalized spacial score (nSPS) is 11.3. The lowest BCUT2D eigenvalue weighted by molar-refractivity contribution is 0.475. The predicted molar refractivity (Wildman–Crippen MR) is 86.2 cm³/mol. The van der Waals surface area contributed by atoms with Crippen LogP contribution in [-0.2, 0) is 0 Å². The Morgan fingerprint density at radius 1 is 1.05 bits per heavy atom. The van der Waals surface area contributed by atoms with E-state index in [9.17, 15) is 9.90 Å². The molecule has 4 aromatic rings. The number of rotatable bonds is 1. The number of aryl methyl sites for hydroxylation is 1. The van der Waals surface area contributed by atoms with Gasteiger partial charge in [0.15, 0.2) is 0 Å². The Labute approximate surface area is 125 Å². The van der Waals surface area contributed by atoms with Crippen molar-refractivity contribution in [3.63, 3.8) is 0 Å². The fourth-order valence-corrected chi connectivity index (χ4v) is 2.83. The molecule has 0 atom stereocenters. The molecule has 0 aliphatic carbocycles. The average Bonchev–Trinajstić information content (AvgIpc) is 2.86. The van der Waals surface area contributed by atoms with Gasteiger partial charge in [-0.05, 0) is 54.4 Å². The third-order valence-electron chi connectivity index (χ3n) is 3.79. The van der Waals surface area contributed by atoms with Crippen molar-refractivity contribution in [2.75, 3.05) is 0 Å². The van der Waals surface area contributed by atoms with E-state index in [2.05, 4.69) is 11.1 Å². The number of nitrogens with one attached hydrogen (secondary N) is 1. The van der Waals surface area contributed by atoms with E-state index in [-0.39, 0.29) is 5.75 Å². The molecule has 2 aromatic carbocycles. The van der Waals surface area contributed by atoms with Gasteiger partial charge in [0.25, 0.3) is 0 Å². The molecule has 0 bridgehead atoms. The van der Waals surface area contributed by atoms with E-state index >= 15 is 0 Å². The summed E-state index contributed by atoms with van der Waals surface area (Å²) in [5.74, 6) is 0.140. The zero-order valence-corrected chi connectivity index (χ0v) is 11.9. The minimum Gasteiger partial charge on any atom is -0.508 e. The largest absolute Gasteiger partial charge is 0.508 e. The number of hydrogen-bond donors (Lipinski definition) is 2. The molecule has 0 saturated carbocycles. The summed E-state index contributed by atoms with van der Waals surface area (Å²) in [5.41, 5.74) is 3.86. The maximum atomic E-state index is 11.8. The van der Waals surface area contributed by atoms with Crippen LogP contribution in [0.4, 0.5) is 0 Å². The van der Waals surface area contributed by atoms with Crippen LogP contribution in [0.3, 0.4) is 0 Å². The van der Waals surface area contributed by atoms with E-state index < -0.39 is 5.63 Å². The van der Waals surface area contributed by atoms with Gasteiger partial charge in [0.1, 0.15) is 11.3 Å². The van der Waals surface area contributed by atoms with Crippen LogP contribution in [0.1, 0.15) is 5.69 Å². The third kappa shape index (κ3) is 1.97. The Balaban J connectivity index is 2.05. The smallest absolute Gasteiger partial charge is 0.336 e. The standard InChI is InChI=1S/C18H13NO3/c1-10-6-12-7-11(2-4-16(12)19-10)14-9-18(21)22-17-5-3-13(20)8-15(14)17/h2-9,19-20H,1H3. The van der Waals surface area contributed by atoms with Gasteiger partial charge < -0.3 is 14.5 Å². The van der Waals surface area contributed by atoms with E-state index in [0.29, 0.717) is 11.0 Å². The van der Waals surface area contributed by atoms with Crippen molar-refractivity contribution in [3.8, 4) is 16.9 Å². The molecule has 2 heterocycles. The average molecular weight is 291 g/mol. The topological polar surface area (TPSA) is 66.2 Å². The van der Waals surface area contributed by atoms with Crippen LogP contribution in [0.25, 0.3) is 33.0 Å². The first-order valence-corrected chi connectivity index (χ1v) is 6.97. The number of phenolic OH excluding ortho intramolecular Hbond substituents is 1. The highest BCUT2D eigenvalue weighted by atomic mass is 16.4. The monoisotopic (exact) mass is 291 g/mol. The molecule has 0 saturated heterocycles. The molecular formula is C18H13NO3. The van der Waals surface area contributed by atoms with E-state index in [1.54, 1.807) is 12.1 Å². The van der Waals surface area contributed by atoms with Crippen LogP contribution in [0, 0.1) is 6.92 Å². The molecule has 108 valence electrons. The molecule has 2 aromatic heterocycles. The molecule has 4 nitrogen and oxygen atoms in total. The van der Waals surface area contributed by atoms with E-state index in [0.717, 1.165) is 27.7 Å². The Morgan fingerprint density at radius 3 is 2.77 bits per heavy atom. The van der Waals surface area contributed by atoms with Gasteiger partial charge in [0.2, 0.25) is 0 Å². The molecule has 0 unspecified atom stereocenters. The lowest BCUT2D eigenvalue weighted by Crippen LogP contribution is -1.97. The highest BCUT2D eigenvalue weighted by Crippen LogP contribution is 2.31. The van der Waals surface area contributed by atoms with Gasteiger partial charge >= 0.3 is 5.63 Å². The van der Waals surface area contributed by atoms with Gasteiger partial charge in [0, 0.05) is 28.0 Å². The maximum Gasteiger partial charge on any atom is 0.336 e. The van der Waals surface area contributed by atoms with Crippen LogP contribution in [0.2, 0.25) is 0 Å². The van der Waals surface area contributed by atoms with Gasteiger partial charge in [-0.15, -0.1) is 0 Å². The van der Waals surface area contributed by atoms with E-state index in [1.165, 1.54) is 12.1 Å². The van der Waals surface area contributed by atoms with Crippen molar-refractivity contribution < 1.29 is 9.52 Å². The summed E-state index contributed by atoms with van der Waals surface area (Å²) < 4.78 is 5.20. The Kier molecular flexibility index (Phi) is 2.60. The summed E-state index contributed by atoms with van der Waals surface area (Å²) >= 11 is 0. The minimum absolute atomic E-state index is 0.140.